The van der Waals surface area contributed by atoms with E-state index in [0.717, 1.165) is 23.3 Å². The number of nitrogens with zero attached hydrogens (tertiary/aromatic N) is 2. The summed E-state index contributed by atoms with van der Waals surface area (Å²) in [4.78, 5) is 7.19. The number of nitrogens with one attached hydrogen (secondary N) is 1. The lowest BCUT2D eigenvalue weighted by Gasteiger charge is -2.07. The van der Waals surface area contributed by atoms with Crippen LogP contribution in [-0.2, 0) is 6.54 Å². The Hall–Kier alpha value is -2.38. The van der Waals surface area contributed by atoms with Gasteiger partial charge in [-0.15, -0.1) is 11.3 Å². The van der Waals surface area contributed by atoms with E-state index in [1.807, 2.05) is 30.3 Å². The summed E-state index contributed by atoms with van der Waals surface area (Å²) < 4.78 is 0. The Morgan fingerprint density at radius 1 is 1.24 bits per heavy atom. The molecule has 0 fully saturated rings. The first kappa shape index (κ1) is 13.6. The second-order valence-corrected chi connectivity index (χ2v) is 6.33. The van der Waals surface area contributed by atoms with Crippen molar-refractivity contribution in [2.75, 3.05) is 5.32 Å². The highest BCUT2D eigenvalue weighted by Crippen LogP contribution is 2.23. The van der Waals surface area contributed by atoms with Crippen molar-refractivity contribution in [2.24, 2.45) is 0 Å². The number of benzene rings is 1. The molecule has 0 unspecified atom stereocenters. The van der Waals surface area contributed by atoms with Gasteiger partial charge in [0.2, 0.25) is 0 Å². The van der Waals surface area contributed by atoms with Crippen LogP contribution in [0.25, 0.3) is 10.9 Å². The van der Waals surface area contributed by atoms with Crippen LogP contribution < -0.4 is 5.32 Å². The van der Waals surface area contributed by atoms with Gasteiger partial charge in [-0.1, -0.05) is 18.2 Å². The van der Waals surface area contributed by atoms with Crippen molar-refractivity contribution in [3.8, 4) is 6.07 Å². The minimum Gasteiger partial charge on any atom is -0.365 e. The maximum Gasteiger partial charge on any atom is 0.128 e. The van der Waals surface area contributed by atoms with Crippen LogP contribution in [0.15, 0.2) is 36.4 Å². The molecule has 0 radical (unpaired) electrons. The summed E-state index contributed by atoms with van der Waals surface area (Å²) in [5, 5.41) is 13.5. The standard InChI is InChI=1S/C17H15N3S/c1-11-7-14(21-12(11)2)10-19-17-8-13(9-18)15-5-3-4-6-16(15)20-17/h3-8H,10H2,1-2H3,(H,19,20). The van der Waals surface area contributed by atoms with Gasteiger partial charge >= 0.3 is 0 Å². The van der Waals surface area contributed by atoms with Gasteiger partial charge in [-0.25, -0.2) is 4.98 Å². The number of pyridine rings is 1. The molecule has 4 heteroatoms. The fourth-order valence-electron chi connectivity index (χ4n) is 2.27. The lowest BCUT2D eigenvalue weighted by atomic mass is 10.1. The molecule has 0 saturated carbocycles. The van der Waals surface area contributed by atoms with Crippen LogP contribution in [0.3, 0.4) is 0 Å². The van der Waals surface area contributed by atoms with Gasteiger partial charge in [0, 0.05) is 15.1 Å². The molecule has 0 atom stereocenters. The summed E-state index contributed by atoms with van der Waals surface area (Å²) in [5.74, 6) is 0.744. The zero-order valence-corrected chi connectivity index (χ0v) is 12.8. The normalized spacial score (nSPS) is 10.5. The maximum absolute atomic E-state index is 9.28. The van der Waals surface area contributed by atoms with E-state index in [9.17, 15) is 5.26 Å². The topological polar surface area (TPSA) is 48.7 Å². The Morgan fingerprint density at radius 2 is 2.05 bits per heavy atom. The molecule has 2 aromatic heterocycles. The fourth-order valence-corrected chi connectivity index (χ4v) is 3.27. The minimum atomic E-state index is 0.654. The Kier molecular flexibility index (Phi) is 3.59. The number of nitriles is 1. The van der Waals surface area contributed by atoms with Crippen LogP contribution >= 0.6 is 11.3 Å². The van der Waals surface area contributed by atoms with Crippen molar-refractivity contribution < 1.29 is 0 Å². The second kappa shape index (κ2) is 5.55. The van der Waals surface area contributed by atoms with Crippen molar-refractivity contribution in [1.82, 2.24) is 4.98 Å². The van der Waals surface area contributed by atoms with Gasteiger partial charge in [-0.2, -0.15) is 5.26 Å². The van der Waals surface area contributed by atoms with Gasteiger partial charge in [0.15, 0.2) is 0 Å². The number of aromatic nitrogens is 1. The first-order valence-electron chi connectivity index (χ1n) is 6.77. The number of aryl methyl sites for hydroxylation is 2. The Labute approximate surface area is 127 Å². The fraction of sp³-hybridized carbons (Fsp3) is 0.176. The van der Waals surface area contributed by atoms with E-state index in [1.54, 1.807) is 11.3 Å². The molecule has 3 nitrogen and oxygen atoms in total. The summed E-state index contributed by atoms with van der Waals surface area (Å²) in [5.41, 5.74) is 2.82. The molecule has 21 heavy (non-hydrogen) atoms. The molecule has 104 valence electrons. The van der Waals surface area contributed by atoms with Crippen LogP contribution in [0.1, 0.15) is 20.9 Å². The lowest BCUT2D eigenvalue weighted by Crippen LogP contribution is -2.00. The SMILES string of the molecule is Cc1cc(CNc2cc(C#N)c3ccccc3n2)sc1C. The number of thiophene rings is 1. The Bertz CT molecular complexity index is 823. The zero-order chi connectivity index (χ0) is 14.8. The lowest BCUT2D eigenvalue weighted by molar-refractivity contribution is 1.15. The van der Waals surface area contributed by atoms with Gasteiger partial charge in [-0.05, 0) is 37.6 Å². The summed E-state index contributed by atoms with van der Waals surface area (Å²) in [6, 6.07) is 14.0. The molecule has 0 aliphatic heterocycles. The molecule has 3 aromatic rings. The molecule has 0 aliphatic carbocycles. The summed E-state index contributed by atoms with van der Waals surface area (Å²) in [7, 11) is 0. The summed E-state index contributed by atoms with van der Waals surface area (Å²) in [6.45, 7) is 4.98. The molecule has 0 aliphatic rings. The number of para-hydroxylation sites is 1. The second-order valence-electron chi connectivity index (χ2n) is 4.99. The van der Waals surface area contributed by atoms with E-state index in [0.29, 0.717) is 5.56 Å². The van der Waals surface area contributed by atoms with Crippen LogP contribution in [0.5, 0.6) is 0 Å². The number of rotatable bonds is 3. The largest absolute Gasteiger partial charge is 0.365 e. The molecule has 1 aromatic carbocycles. The highest BCUT2D eigenvalue weighted by atomic mass is 32.1. The predicted molar refractivity (Wildman–Crippen MR) is 87.6 cm³/mol. The monoisotopic (exact) mass is 293 g/mol. The third kappa shape index (κ3) is 2.74. The number of hydrogen-bond acceptors (Lipinski definition) is 4. The summed E-state index contributed by atoms with van der Waals surface area (Å²) >= 11 is 1.79. The van der Waals surface area contributed by atoms with Crippen molar-refractivity contribution >= 4 is 28.1 Å². The third-order valence-corrected chi connectivity index (χ3v) is 4.65. The molecule has 1 N–H and O–H groups in total. The minimum absolute atomic E-state index is 0.654. The first-order valence-corrected chi connectivity index (χ1v) is 7.58. The van der Waals surface area contributed by atoms with Gasteiger partial charge in [0.25, 0.3) is 0 Å². The van der Waals surface area contributed by atoms with Crippen LogP contribution in [0, 0.1) is 25.2 Å². The van der Waals surface area contributed by atoms with Crippen molar-refractivity contribution in [1.29, 1.82) is 5.26 Å². The van der Waals surface area contributed by atoms with E-state index in [4.69, 9.17) is 0 Å². The van der Waals surface area contributed by atoms with Crippen molar-refractivity contribution in [3.05, 3.63) is 57.3 Å². The Balaban J connectivity index is 1.89. The van der Waals surface area contributed by atoms with E-state index in [-0.39, 0.29) is 0 Å². The highest BCUT2D eigenvalue weighted by molar-refractivity contribution is 7.12. The highest BCUT2D eigenvalue weighted by Gasteiger charge is 2.06. The number of anilines is 1. The quantitative estimate of drug-likeness (QED) is 0.778. The first-order chi connectivity index (χ1) is 10.2. The van der Waals surface area contributed by atoms with Gasteiger partial charge in [0.05, 0.1) is 23.7 Å². The van der Waals surface area contributed by atoms with Gasteiger partial charge < -0.3 is 5.32 Å². The van der Waals surface area contributed by atoms with Crippen molar-refractivity contribution in [2.45, 2.75) is 20.4 Å². The van der Waals surface area contributed by atoms with Crippen molar-refractivity contribution in [3.63, 3.8) is 0 Å². The molecule has 0 spiro atoms. The van der Waals surface area contributed by atoms with Gasteiger partial charge in [-0.3, -0.25) is 0 Å². The maximum atomic E-state index is 9.28. The van der Waals surface area contributed by atoms with Crippen LogP contribution in [0.4, 0.5) is 5.82 Å². The average molecular weight is 293 g/mol. The number of hydrogen-bond donors (Lipinski definition) is 1. The molecule has 0 amide bonds. The third-order valence-electron chi connectivity index (χ3n) is 3.50. The number of fused-ring (bicyclic) bond motifs is 1. The molecule has 0 saturated heterocycles. The smallest absolute Gasteiger partial charge is 0.128 e. The molecular formula is C17H15N3S. The molecule has 3 rings (SSSR count). The zero-order valence-electron chi connectivity index (χ0n) is 12.0. The molecule has 0 bridgehead atoms. The summed E-state index contributed by atoms with van der Waals surface area (Å²) in [6.07, 6.45) is 0. The average Bonchev–Trinajstić information content (AvgIpc) is 2.83. The molecule has 2 heterocycles. The Morgan fingerprint density at radius 3 is 2.76 bits per heavy atom. The van der Waals surface area contributed by atoms with E-state index in [1.165, 1.54) is 15.3 Å². The van der Waals surface area contributed by atoms with E-state index in [2.05, 4.69) is 36.3 Å². The predicted octanol–water partition coefficient (Wildman–Crippen LogP) is 4.40. The van der Waals surface area contributed by atoms with E-state index < -0.39 is 0 Å². The molecular weight excluding hydrogens is 278 g/mol. The van der Waals surface area contributed by atoms with Crippen LogP contribution in [0.2, 0.25) is 0 Å². The van der Waals surface area contributed by atoms with Gasteiger partial charge in [0.1, 0.15) is 5.82 Å². The van der Waals surface area contributed by atoms with Crippen LogP contribution in [-0.4, -0.2) is 4.98 Å². The van der Waals surface area contributed by atoms with E-state index >= 15 is 0 Å².